The zero-order valence-corrected chi connectivity index (χ0v) is 11.9. The maximum atomic E-state index is 10.7. The molecule has 0 bridgehead atoms. The van der Waals surface area contributed by atoms with E-state index in [2.05, 4.69) is 4.90 Å². The second-order valence-corrected chi connectivity index (χ2v) is 5.90. The second kappa shape index (κ2) is 7.85. The molecule has 0 aromatic rings. The lowest BCUT2D eigenvalue weighted by molar-refractivity contribution is -0.137. The SMILES string of the molecule is O=C(O)CCC1CCCCN1CCCC1CCCO1. The number of likely N-dealkylation sites (tertiary alicyclic amines) is 1. The molecule has 0 aromatic carbocycles. The molecule has 0 saturated carbocycles. The molecule has 0 aliphatic carbocycles. The lowest BCUT2D eigenvalue weighted by Crippen LogP contribution is -2.40. The molecular weight excluding hydrogens is 242 g/mol. The van der Waals surface area contributed by atoms with Crippen LogP contribution in [0.1, 0.15) is 57.8 Å². The summed E-state index contributed by atoms with van der Waals surface area (Å²) in [6.45, 7) is 3.20. The molecular formula is C15H27NO3. The van der Waals surface area contributed by atoms with Gasteiger partial charge in [0.25, 0.3) is 0 Å². The molecule has 0 radical (unpaired) electrons. The number of piperidine rings is 1. The molecule has 110 valence electrons. The van der Waals surface area contributed by atoms with Crippen molar-refractivity contribution in [1.29, 1.82) is 0 Å². The Balaban J connectivity index is 1.67. The molecule has 4 nitrogen and oxygen atoms in total. The topological polar surface area (TPSA) is 49.8 Å². The van der Waals surface area contributed by atoms with Gasteiger partial charge in [-0.25, -0.2) is 0 Å². The molecule has 2 atom stereocenters. The van der Waals surface area contributed by atoms with Gasteiger partial charge < -0.3 is 14.7 Å². The summed E-state index contributed by atoms with van der Waals surface area (Å²) in [6.07, 6.45) is 10.1. The predicted molar refractivity (Wildman–Crippen MR) is 74.3 cm³/mol. The second-order valence-electron chi connectivity index (χ2n) is 5.90. The molecule has 0 spiro atoms. The molecule has 4 heteroatoms. The Labute approximate surface area is 116 Å². The van der Waals surface area contributed by atoms with Crippen LogP contribution >= 0.6 is 0 Å². The molecule has 2 unspecified atom stereocenters. The van der Waals surface area contributed by atoms with Gasteiger partial charge in [0.15, 0.2) is 0 Å². The standard InChI is InChI=1S/C15H27NO3/c17-15(18)9-8-13-5-1-2-10-16(13)11-3-6-14-7-4-12-19-14/h13-14H,1-12H2,(H,17,18). The Bertz CT molecular complexity index is 277. The Morgan fingerprint density at radius 1 is 1.21 bits per heavy atom. The van der Waals surface area contributed by atoms with Crippen LogP contribution in [0.2, 0.25) is 0 Å². The fourth-order valence-corrected chi connectivity index (χ4v) is 3.37. The van der Waals surface area contributed by atoms with Crippen LogP contribution in [0.25, 0.3) is 0 Å². The molecule has 2 fully saturated rings. The van der Waals surface area contributed by atoms with E-state index in [1.54, 1.807) is 0 Å². The molecule has 0 aromatic heterocycles. The molecule has 1 N–H and O–H groups in total. The zero-order valence-electron chi connectivity index (χ0n) is 11.9. The van der Waals surface area contributed by atoms with Crippen molar-refractivity contribution < 1.29 is 14.6 Å². The summed E-state index contributed by atoms with van der Waals surface area (Å²) in [5.74, 6) is -0.662. The first kappa shape index (κ1) is 14.8. The van der Waals surface area contributed by atoms with Crippen molar-refractivity contribution in [2.45, 2.75) is 69.9 Å². The van der Waals surface area contributed by atoms with Gasteiger partial charge in [0, 0.05) is 19.1 Å². The maximum Gasteiger partial charge on any atom is 0.303 e. The van der Waals surface area contributed by atoms with E-state index in [0.29, 0.717) is 18.6 Å². The van der Waals surface area contributed by atoms with Crippen molar-refractivity contribution in [3.8, 4) is 0 Å². The summed E-state index contributed by atoms with van der Waals surface area (Å²) in [5.41, 5.74) is 0. The Hall–Kier alpha value is -0.610. The fourth-order valence-electron chi connectivity index (χ4n) is 3.37. The van der Waals surface area contributed by atoms with Crippen LogP contribution < -0.4 is 0 Å². The fraction of sp³-hybridized carbons (Fsp3) is 0.933. The highest BCUT2D eigenvalue weighted by Crippen LogP contribution is 2.23. The number of hydrogen-bond donors (Lipinski definition) is 1. The van der Waals surface area contributed by atoms with Gasteiger partial charge in [0.05, 0.1) is 6.10 Å². The monoisotopic (exact) mass is 269 g/mol. The van der Waals surface area contributed by atoms with Crippen LogP contribution in [-0.2, 0) is 9.53 Å². The number of carbonyl (C=O) groups is 1. The summed E-state index contributed by atoms with van der Waals surface area (Å²) in [5, 5.41) is 8.81. The zero-order chi connectivity index (χ0) is 13.5. The molecule has 2 aliphatic rings. The average molecular weight is 269 g/mol. The van der Waals surface area contributed by atoms with Gasteiger partial charge in [-0.15, -0.1) is 0 Å². The van der Waals surface area contributed by atoms with Gasteiger partial charge >= 0.3 is 5.97 Å². The number of carboxylic acid groups (broad SMARTS) is 1. The summed E-state index contributed by atoms with van der Waals surface area (Å²) < 4.78 is 5.65. The predicted octanol–water partition coefficient (Wildman–Crippen LogP) is 2.66. The minimum atomic E-state index is -0.662. The Kier molecular flexibility index (Phi) is 6.11. The van der Waals surface area contributed by atoms with Crippen molar-refractivity contribution in [1.82, 2.24) is 4.90 Å². The first-order chi connectivity index (χ1) is 9.25. The number of rotatable bonds is 7. The third-order valence-electron chi connectivity index (χ3n) is 4.44. The van der Waals surface area contributed by atoms with Crippen LogP contribution in [0.3, 0.4) is 0 Å². The van der Waals surface area contributed by atoms with Gasteiger partial charge in [-0.3, -0.25) is 4.79 Å². The maximum absolute atomic E-state index is 10.7. The van der Waals surface area contributed by atoms with Crippen molar-refractivity contribution in [3.63, 3.8) is 0 Å². The van der Waals surface area contributed by atoms with E-state index in [4.69, 9.17) is 9.84 Å². The Morgan fingerprint density at radius 3 is 2.84 bits per heavy atom. The highest BCUT2D eigenvalue weighted by atomic mass is 16.5. The summed E-state index contributed by atoms with van der Waals surface area (Å²) in [6, 6.07) is 0.495. The lowest BCUT2D eigenvalue weighted by atomic mass is 9.97. The van der Waals surface area contributed by atoms with Crippen LogP contribution in [-0.4, -0.2) is 47.8 Å². The van der Waals surface area contributed by atoms with Crippen molar-refractivity contribution in [2.24, 2.45) is 0 Å². The van der Waals surface area contributed by atoms with Crippen molar-refractivity contribution >= 4 is 5.97 Å². The minimum Gasteiger partial charge on any atom is -0.481 e. The quantitative estimate of drug-likeness (QED) is 0.772. The number of hydrogen-bond acceptors (Lipinski definition) is 3. The molecule has 2 heterocycles. The first-order valence-corrected chi connectivity index (χ1v) is 7.83. The first-order valence-electron chi connectivity index (χ1n) is 7.83. The number of ether oxygens (including phenoxy) is 1. The lowest BCUT2D eigenvalue weighted by Gasteiger charge is -2.35. The molecule has 2 aliphatic heterocycles. The average Bonchev–Trinajstić information content (AvgIpc) is 2.91. The van der Waals surface area contributed by atoms with E-state index < -0.39 is 5.97 Å². The van der Waals surface area contributed by atoms with E-state index in [1.807, 2.05) is 0 Å². The highest BCUT2D eigenvalue weighted by Gasteiger charge is 2.23. The van der Waals surface area contributed by atoms with Gasteiger partial charge in [0.2, 0.25) is 0 Å². The van der Waals surface area contributed by atoms with Gasteiger partial charge in [0.1, 0.15) is 0 Å². The molecule has 0 amide bonds. The number of nitrogens with zero attached hydrogens (tertiary/aromatic N) is 1. The molecule has 19 heavy (non-hydrogen) atoms. The van der Waals surface area contributed by atoms with Crippen LogP contribution in [0.15, 0.2) is 0 Å². The van der Waals surface area contributed by atoms with E-state index >= 15 is 0 Å². The Morgan fingerprint density at radius 2 is 2.11 bits per heavy atom. The van der Waals surface area contributed by atoms with Crippen molar-refractivity contribution in [3.05, 3.63) is 0 Å². The summed E-state index contributed by atoms with van der Waals surface area (Å²) >= 11 is 0. The van der Waals surface area contributed by atoms with Crippen molar-refractivity contribution in [2.75, 3.05) is 19.7 Å². The van der Waals surface area contributed by atoms with E-state index in [1.165, 1.54) is 44.9 Å². The molecule has 2 saturated heterocycles. The number of carboxylic acids is 1. The largest absolute Gasteiger partial charge is 0.481 e. The smallest absolute Gasteiger partial charge is 0.303 e. The van der Waals surface area contributed by atoms with E-state index in [0.717, 1.165) is 26.1 Å². The normalized spacial score (nSPS) is 28.6. The highest BCUT2D eigenvalue weighted by molar-refractivity contribution is 5.66. The molecule has 2 rings (SSSR count). The third-order valence-corrected chi connectivity index (χ3v) is 4.44. The summed E-state index contributed by atoms with van der Waals surface area (Å²) in [4.78, 5) is 13.2. The van der Waals surface area contributed by atoms with Crippen LogP contribution in [0.5, 0.6) is 0 Å². The van der Waals surface area contributed by atoms with Crippen LogP contribution in [0.4, 0.5) is 0 Å². The number of aliphatic carboxylic acids is 1. The van der Waals surface area contributed by atoms with E-state index in [-0.39, 0.29) is 0 Å². The minimum absolute atomic E-state index is 0.312. The van der Waals surface area contributed by atoms with Crippen LogP contribution in [0, 0.1) is 0 Å². The third kappa shape index (κ3) is 5.11. The van der Waals surface area contributed by atoms with Gasteiger partial charge in [-0.05, 0) is 58.0 Å². The van der Waals surface area contributed by atoms with E-state index in [9.17, 15) is 4.79 Å². The summed E-state index contributed by atoms with van der Waals surface area (Å²) in [7, 11) is 0. The van der Waals surface area contributed by atoms with Gasteiger partial charge in [-0.2, -0.15) is 0 Å². The van der Waals surface area contributed by atoms with Gasteiger partial charge in [-0.1, -0.05) is 6.42 Å².